The molecule has 0 aliphatic heterocycles. The van der Waals surface area contributed by atoms with Crippen molar-refractivity contribution in [1.82, 2.24) is 4.98 Å². The SMILES string of the molecule is Cc1cc(CCl)nc(C(=O)O)c1Cl. The van der Waals surface area contributed by atoms with Gasteiger partial charge in [-0.15, -0.1) is 11.6 Å². The number of nitrogens with zero attached hydrogens (tertiary/aromatic N) is 1. The van der Waals surface area contributed by atoms with Crippen LogP contribution in [0.2, 0.25) is 5.02 Å². The molecule has 5 heteroatoms. The average Bonchev–Trinajstić information content (AvgIpc) is 2.09. The molecule has 3 nitrogen and oxygen atoms in total. The molecular weight excluding hydrogens is 213 g/mol. The number of aromatic carboxylic acids is 1. The molecule has 0 aromatic carbocycles. The first-order valence-electron chi connectivity index (χ1n) is 3.51. The summed E-state index contributed by atoms with van der Waals surface area (Å²) >= 11 is 11.3. The van der Waals surface area contributed by atoms with E-state index in [1.165, 1.54) is 0 Å². The molecule has 1 aromatic rings. The molecular formula is C8H7Cl2NO2. The highest BCUT2D eigenvalue weighted by atomic mass is 35.5. The highest BCUT2D eigenvalue weighted by molar-refractivity contribution is 6.34. The normalized spacial score (nSPS) is 10.1. The van der Waals surface area contributed by atoms with Crippen LogP contribution in [0.15, 0.2) is 6.07 Å². The third-order valence-corrected chi connectivity index (χ3v) is 2.28. The Hall–Kier alpha value is -0.800. The van der Waals surface area contributed by atoms with Gasteiger partial charge in [-0.25, -0.2) is 9.78 Å². The molecule has 13 heavy (non-hydrogen) atoms. The number of aromatic nitrogens is 1. The fourth-order valence-electron chi connectivity index (χ4n) is 0.935. The summed E-state index contributed by atoms with van der Waals surface area (Å²) in [5.41, 5.74) is 1.04. The first kappa shape index (κ1) is 10.3. The van der Waals surface area contributed by atoms with E-state index in [4.69, 9.17) is 28.3 Å². The van der Waals surface area contributed by atoms with Gasteiger partial charge in [0.25, 0.3) is 0 Å². The van der Waals surface area contributed by atoms with Gasteiger partial charge in [-0.1, -0.05) is 11.6 Å². The number of aryl methyl sites for hydroxylation is 1. The van der Waals surface area contributed by atoms with Crippen LogP contribution < -0.4 is 0 Å². The van der Waals surface area contributed by atoms with E-state index in [0.717, 1.165) is 0 Å². The lowest BCUT2D eigenvalue weighted by molar-refractivity contribution is 0.0690. The Bertz CT molecular complexity index is 352. The number of hydrogen-bond acceptors (Lipinski definition) is 2. The van der Waals surface area contributed by atoms with Crippen molar-refractivity contribution in [1.29, 1.82) is 0 Å². The van der Waals surface area contributed by atoms with E-state index in [1.807, 2.05) is 0 Å². The van der Waals surface area contributed by atoms with E-state index in [0.29, 0.717) is 11.3 Å². The number of carboxylic acids is 1. The van der Waals surface area contributed by atoms with Gasteiger partial charge in [0.2, 0.25) is 0 Å². The van der Waals surface area contributed by atoms with Crippen molar-refractivity contribution < 1.29 is 9.90 Å². The number of pyridine rings is 1. The zero-order valence-corrected chi connectivity index (χ0v) is 8.35. The summed E-state index contributed by atoms with van der Waals surface area (Å²) in [6.45, 7) is 1.71. The summed E-state index contributed by atoms with van der Waals surface area (Å²) < 4.78 is 0. The minimum absolute atomic E-state index is 0.141. The summed E-state index contributed by atoms with van der Waals surface area (Å²) in [5.74, 6) is -0.960. The summed E-state index contributed by atoms with van der Waals surface area (Å²) in [6.07, 6.45) is 0. The molecule has 0 aliphatic rings. The molecule has 1 aromatic heterocycles. The standard InChI is InChI=1S/C8H7Cl2NO2/c1-4-2-5(3-9)11-7(6(4)10)8(12)13/h2H,3H2,1H3,(H,12,13). The van der Waals surface area contributed by atoms with E-state index in [9.17, 15) is 4.79 Å². The molecule has 0 radical (unpaired) electrons. The van der Waals surface area contributed by atoms with Crippen LogP contribution in [0, 0.1) is 6.92 Å². The summed E-state index contributed by atoms with van der Waals surface area (Å²) in [7, 11) is 0. The number of halogens is 2. The van der Waals surface area contributed by atoms with Crippen LogP contribution in [0.25, 0.3) is 0 Å². The van der Waals surface area contributed by atoms with Gasteiger partial charge in [-0.3, -0.25) is 0 Å². The second-order valence-electron chi connectivity index (χ2n) is 2.53. The van der Waals surface area contributed by atoms with Gasteiger partial charge in [0.05, 0.1) is 16.6 Å². The molecule has 0 saturated heterocycles. The smallest absolute Gasteiger partial charge is 0.356 e. The second-order valence-corrected chi connectivity index (χ2v) is 3.18. The lowest BCUT2D eigenvalue weighted by atomic mass is 10.2. The first-order valence-corrected chi connectivity index (χ1v) is 4.42. The van der Waals surface area contributed by atoms with Gasteiger partial charge in [0.1, 0.15) is 0 Å². The monoisotopic (exact) mass is 219 g/mol. The predicted octanol–water partition coefficient (Wildman–Crippen LogP) is 2.48. The molecule has 0 spiro atoms. The van der Waals surface area contributed by atoms with Crippen LogP contribution in [0.3, 0.4) is 0 Å². The zero-order chi connectivity index (χ0) is 10.0. The van der Waals surface area contributed by atoms with Crippen molar-refractivity contribution in [3.05, 3.63) is 28.0 Å². The summed E-state index contributed by atoms with van der Waals surface area (Å²) in [6, 6.07) is 1.67. The lowest BCUT2D eigenvalue weighted by Crippen LogP contribution is -2.04. The third-order valence-electron chi connectivity index (χ3n) is 1.53. The zero-order valence-electron chi connectivity index (χ0n) is 6.84. The third kappa shape index (κ3) is 2.11. The number of carboxylic acid groups (broad SMARTS) is 1. The van der Waals surface area contributed by atoms with Gasteiger partial charge in [-0.05, 0) is 18.6 Å². The van der Waals surface area contributed by atoms with Crippen molar-refractivity contribution in [3.8, 4) is 0 Å². The van der Waals surface area contributed by atoms with Crippen LogP contribution >= 0.6 is 23.2 Å². The average molecular weight is 220 g/mol. The Balaban J connectivity index is 3.33. The van der Waals surface area contributed by atoms with Gasteiger partial charge in [-0.2, -0.15) is 0 Å². The molecule has 0 fully saturated rings. The minimum atomic E-state index is -1.14. The fraction of sp³-hybridized carbons (Fsp3) is 0.250. The number of carbonyl (C=O) groups is 1. The van der Waals surface area contributed by atoms with Gasteiger partial charge >= 0.3 is 5.97 Å². The minimum Gasteiger partial charge on any atom is -0.476 e. The largest absolute Gasteiger partial charge is 0.476 e. The molecule has 1 rings (SSSR count). The molecule has 0 unspecified atom stereocenters. The molecule has 0 bridgehead atoms. The van der Waals surface area contributed by atoms with Crippen molar-refractivity contribution in [2.45, 2.75) is 12.8 Å². The Labute approximate surface area is 85.3 Å². The lowest BCUT2D eigenvalue weighted by Gasteiger charge is -2.03. The van der Waals surface area contributed by atoms with Crippen molar-refractivity contribution in [2.75, 3.05) is 0 Å². The summed E-state index contributed by atoms with van der Waals surface area (Å²) in [4.78, 5) is 14.4. The first-order chi connectivity index (χ1) is 6.06. The number of hydrogen-bond donors (Lipinski definition) is 1. The second kappa shape index (κ2) is 3.94. The van der Waals surface area contributed by atoms with Gasteiger partial charge in [0, 0.05) is 0 Å². The maximum absolute atomic E-state index is 10.7. The topological polar surface area (TPSA) is 50.2 Å². The van der Waals surface area contributed by atoms with Crippen LogP contribution in [-0.4, -0.2) is 16.1 Å². The van der Waals surface area contributed by atoms with Gasteiger partial charge < -0.3 is 5.11 Å². The maximum atomic E-state index is 10.7. The Kier molecular flexibility index (Phi) is 3.12. The molecule has 0 amide bonds. The molecule has 0 atom stereocenters. The number of rotatable bonds is 2. The van der Waals surface area contributed by atoms with E-state index in [2.05, 4.69) is 4.98 Å². The maximum Gasteiger partial charge on any atom is 0.356 e. The summed E-state index contributed by atoms with van der Waals surface area (Å²) in [5, 5.41) is 8.89. The van der Waals surface area contributed by atoms with E-state index in [1.54, 1.807) is 13.0 Å². The fourth-order valence-corrected chi connectivity index (χ4v) is 1.25. The molecule has 0 aliphatic carbocycles. The van der Waals surface area contributed by atoms with E-state index >= 15 is 0 Å². The quantitative estimate of drug-likeness (QED) is 0.778. The highest BCUT2D eigenvalue weighted by Crippen LogP contribution is 2.20. The molecule has 70 valence electrons. The number of alkyl halides is 1. The van der Waals surface area contributed by atoms with Crippen molar-refractivity contribution >= 4 is 29.2 Å². The van der Waals surface area contributed by atoms with Crippen LogP contribution in [0.5, 0.6) is 0 Å². The molecule has 1 N–H and O–H groups in total. The van der Waals surface area contributed by atoms with E-state index in [-0.39, 0.29) is 16.6 Å². The Morgan fingerprint density at radius 1 is 1.69 bits per heavy atom. The molecule has 0 saturated carbocycles. The van der Waals surface area contributed by atoms with E-state index < -0.39 is 5.97 Å². The van der Waals surface area contributed by atoms with Crippen molar-refractivity contribution in [2.24, 2.45) is 0 Å². The van der Waals surface area contributed by atoms with Crippen LogP contribution in [0.4, 0.5) is 0 Å². The van der Waals surface area contributed by atoms with Crippen LogP contribution in [-0.2, 0) is 5.88 Å². The van der Waals surface area contributed by atoms with Gasteiger partial charge in [0.15, 0.2) is 5.69 Å². The van der Waals surface area contributed by atoms with Crippen molar-refractivity contribution in [3.63, 3.8) is 0 Å². The molecule has 1 heterocycles. The highest BCUT2D eigenvalue weighted by Gasteiger charge is 2.13. The van der Waals surface area contributed by atoms with Crippen LogP contribution in [0.1, 0.15) is 21.7 Å². The predicted molar refractivity (Wildman–Crippen MR) is 50.5 cm³/mol. The Morgan fingerprint density at radius 2 is 2.31 bits per heavy atom. The Morgan fingerprint density at radius 3 is 2.77 bits per heavy atom.